The van der Waals surface area contributed by atoms with E-state index in [9.17, 15) is 0 Å². The van der Waals surface area contributed by atoms with Crippen LogP contribution in [0, 0.1) is 0 Å². The van der Waals surface area contributed by atoms with Crippen molar-refractivity contribution in [3.63, 3.8) is 0 Å². The molecule has 0 aliphatic heterocycles. The van der Waals surface area contributed by atoms with E-state index < -0.39 is 0 Å². The van der Waals surface area contributed by atoms with Crippen LogP contribution in [0.1, 0.15) is 30.0 Å². The topological polar surface area (TPSA) is 35.2 Å². The Morgan fingerprint density at radius 1 is 1.50 bits per heavy atom. The summed E-state index contributed by atoms with van der Waals surface area (Å²) in [5.41, 5.74) is 8.44. The first kappa shape index (κ1) is 9.81. The van der Waals surface area contributed by atoms with E-state index in [0.29, 0.717) is 5.02 Å². The number of benzene rings is 1. The monoisotopic (exact) mass is 211 g/mol. The fourth-order valence-corrected chi connectivity index (χ4v) is 2.34. The molecule has 1 aliphatic rings. The van der Waals surface area contributed by atoms with Crippen molar-refractivity contribution in [1.29, 1.82) is 0 Å². The number of ether oxygens (including phenoxy) is 1. The third-order valence-corrected chi connectivity index (χ3v) is 3.07. The maximum absolute atomic E-state index is 6.05. The lowest BCUT2D eigenvalue weighted by Gasteiger charge is -2.24. The number of nitrogens with two attached hydrogens (primary N) is 1. The second kappa shape index (κ2) is 3.79. The van der Waals surface area contributed by atoms with E-state index in [1.54, 1.807) is 7.11 Å². The molecule has 0 spiro atoms. The Morgan fingerprint density at radius 3 is 3.00 bits per heavy atom. The van der Waals surface area contributed by atoms with Gasteiger partial charge in [0.2, 0.25) is 0 Å². The molecule has 0 bridgehead atoms. The Labute approximate surface area is 89.0 Å². The van der Waals surface area contributed by atoms with E-state index in [0.717, 1.165) is 30.6 Å². The van der Waals surface area contributed by atoms with Crippen LogP contribution in [0.2, 0.25) is 5.02 Å². The number of rotatable bonds is 1. The van der Waals surface area contributed by atoms with E-state index in [1.807, 2.05) is 6.07 Å². The van der Waals surface area contributed by atoms with E-state index in [1.165, 1.54) is 5.56 Å². The van der Waals surface area contributed by atoms with Crippen molar-refractivity contribution in [2.45, 2.75) is 25.3 Å². The highest BCUT2D eigenvalue weighted by molar-refractivity contribution is 6.32. The largest absolute Gasteiger partial charge is 0.495 e. The number of methoxy groups -OCH3 is 1. The van der Waals surface area contributed by atoms with Gasteiger partial charge in [-0.2, -0.15) is 0 Å². The third-order valence-electron chi connectivity index (χ3n) is 2.77. The smallest absolute Gasteiger partial charge is 0.142 e. The number of halogens is 1. The lowest BCUT2D eigenvalue weighted by molar-refractivity contribution is 0.399. The van der Waals surface area contributed by atoms with Crippen molar-refractivity contribution in [2.75, 3.05) is 7.11 Å². The van der Waals surface area contributed by atoms with Gasteiger partial charge in [0.15, 0.2) is 0 Å². The highest BCUT2D eigenvalue weighted by Gasteiger charge is 2.22. The first-order valence-electron chi connectivity index (χ1n) is 4.85. The summed E-state index contributed by atoms with van der Waals surface area (Å²) in [6, 6.07) is 4.02. The zero-order valence-electron chi connectivity index (χ0n) is 8.22. The number of aryl methyl sites for hydroxylation is 1. The predicted molar refractivity (Wildman–Crippen MR) is 57.9 cm³/mol. The Morgan fingerprint density at radius 2 is 2.29 bits per heavy atom. The third kappa shape index (κ3) is 1.49. The summed E-state index contributed by atoms with van der Waals surface area (Å²) in [7, 11) is 1.64. The molecular weight excluding hydrogens is 198 g/mol. The van der Waals surface area contributed by atoms with Crippen LogP contribution in [0.5, 0.6) is 5.75 Å². The standard InChI is InChI=1S/C11H14ClNO/c1-14-11-8(12)6-5-7-3-2-4-9(13)10(7)11/h5-6,9H,2-4,13H2,1H3/t9-/m0/s1. The second-order valence-corrected chi connectivity index (χ2v) is 4.06. The molecule has 0 saturated heterocycles. The Kier molecular flexibility index (Phi) is 2.66. The maximum atomic E-state index is 6.05. The summed E-state index contributed by atoms with van der Waals surface area (Å²) < 4.78 is 5.30. The molecule has 0 radical (unpaired) electrons. The first-order chi connectivity index (χ1) is 6.74. The van der Waals surface area contributed by atoms with Crippen molar-refractivity contribution in [3.8, 4) is 5.75 Å². The van der Waals surface area contributed by atoms with Crippen LogP contribution in [-0.2, 0) is 6.42 Å². The molecule has 2 N–H and O–H groups in total. The van der Waals surface area contributed by atoms with Crippen molar-refractivity contribution >= 4 is 11.6 Å². The van der Waals surface area contributed by atoms with Gasteiger partial charge in [0.1, 0.15) is 5.75 Å². The molecule has 0 heterocycles. The fourth-order valence-electron chi connectivity index (χ4n) is 2.10. The SMILES string of the molecule is COc1c(Cl)ccc2c1[C@@H](N)CCC2. The van der Waals surface area contributed by atoms with Crippen LogP contribution in [0.4, 0.5) is 0 Å². The molecule has 76 valence electrons. The maximum Gasteiger partial charge on any atom is 0.142 e. The van der Waals surface area contributed by atoms with Crippen molar-refractivity contribution < 1.29 is 4.74 Å². The molecule has 2 nitrogen and oxygen atoms in total. The highest BCUT2D eigenvalue weighted by Crippen LogP contribution is 2.39. The quantitative estimate of drug-likeness (QED) is 0.775. The highest BCUT2D eigenvalue weighted by atomic mass is 35.5. The molecule has 1 aliphatic carbocycles. The number of hydrogen-bond acceptors (Lipinski definition) is 2. The molecule has 1 atom stereocenters. The van der Waals surface area contributed by atoms with E-state index in [2.05, 4.69) is 6.07 Å². The summed E-state index contributed by atoms with van der Waals surface area (Å²) in [6.07, 6.45) is 3.25. The summed E-state index contributed by atoms with van der Waals surface area (Å²) in [5, 5.41) is 0.656. The predicted octanol–water partition coefficient (Wildman–Crippen LogP) is 2.68. The molecule has 0 unspecified atom stereocenters. The van der Waals surface area contributed by atoms with Crippen LogP contribution in [0.3, 0.4) is 0 Å². The molecule has 3 heteroatoms. The summed E-state index contributed by atoms with van der Waals surface area (Å²) in [4.78, 5) is 0. The van der Waals surface area contributed by atoms with Gasteiger partial charge in [0, 0.05) is 11.6 Å². The average Bonchev–Trinajstić information content (AvgIpc) is 2.19. The minimum atomic E-state index is 0.0763. The molecule has 1 aromatic rings. The van der Waals surface area contributed by atoms with E-state index in [-0.39, 0.29) is 6.04 Å². The lowest BCUT2D eigenvalue weighted by atomic mass is 9.87. The van der Waals surface area contributed by atoms with Gasteiger partial charge in [-0.25, -0.2) is 0 Å². The molecule has 0 amide bonds. The van der Waals surface area contributed by atoms with Gasteiger partial charge in [-0.15, -0.1) is 0 Å². The van der Waals surface area contributed by atoms with Gasteiger partial charge in [-0.3, -0.25) is 0 Å². The first-order valence-corrected chi connectivity index (χ1v) is 5.22. The Hall–Kier alpha value is -0.730. The van der Waals surface area contributed by atoms with Gasteiger partial charge >= 0.3 is 0 Å². The van der Waals surface area contributed by atoms with Gasteiger partial charge in [-0.1, -0.05) is 17.7 Å². The zero-order valence-corrected chi connectivity index (χ0v) is 8.97. The Balaban J connectivity index is 2.57. The minimum Gasteiger partial charge on any atom is -0.495 e. The normalized spacial score (nSPS) is 20.4. The zero-order chi connectivity index (χ0) is 10.1. The molecule has 2 rings (SSSR count). The molecule has 0 fully saturated rings. The molecule has 0 saturated carbocycles. The molecular formula is C11H14ClNO. The van der Waals surface area contributed by atoms with Gasteiger partial charge in [0.05, 0.1) is 12.1 Å². The number of hydrogen-bond donors (Lipinski definition) is 1. The second-order valence-electron chi connectivity index (χ2n) is 3.65. The molecule has 1 aromatic carbocycles. The van der Waals surface area contributed by atoms with E-state index in [4.69, 9.17) is 22.1 Å². The lowest BCUT2D eigenvalue weighted by Crippen LogP contribution is -2.18. The number of fused-ring (bicyclic) bond motifs is 1. The van der Waals surface area contributed by atoms with Gasteiger partial charge in [-0.05, 0) is 30.9 Å². The Bertz CT molecular complexity index is 351. The molecule has 14 heavy (non-hydrogen) atoms. The van der Waals surface area contributed by atoms with Crippen molar-refractivity contribution in [3.05, 3.63) is 28.3 Å². The summed E-state index contributed by atoms with van der Waals surface area (Å²) in [6.45, 7) is 0. The van der Waals surface area contributed by atoms with Crippen LogP contribution in [0.25, 0.3) is 0 Å². The van der Waals surface area contributed by atoms with Crippen LogP contribution >= 0.6 is 11.6 Å². The average molecular weight is 212 g/mol. The van der Waals surface area contributed by atoms with Crippen molar-refractivity contribution in [1.82, 2.24) is 0 Å². The van der Waals surface area contributed by atoms with Crippen molar-refractivity contribution in [2.24, 2.45) is 5.73 Å². The van der Waals surface area contributed by atoms with Gasteiger partial charge < -0.3 is 10.5 Å². The summed E-state index contributed by atoms with van der Waals surface area (Å²) >= 11 is 6.05. The molecule has 0 aromatic heterocycles. The fraction of sp³-hybridized carbons (Fsp3) is 0.455. The van der Waals surface area contributed by atoms with E-state index >= 15 is 0 Å². The minimum absolute atomic E-state index is 0.0763. The van der Waals surface area contributed by atoms with Crippen LogP contribution in [0.15, 0.2) is 12.1 Å². The van der Waals surface area contributed by atoms with Crippen LogP contribution in [-0.4, -0.2) is 7.11 Å². The summed E-state index contributed by atoms with van der Waals surface area (Å²) in [5.74, 6) is 0.761. The van der Waals surface area contributed by atoms with Crippen LogP contribution < -0.4 is 10.5 Å². The van der Waals surface area contributed by atoms with Gasteiger partial charge in [0.25, 0.3) is 0 Å².